The highest BCUT2D eigenvalue weighted by Crippen LogP contribution is 2.35. The van der Waals surface area contributed by atoms with Gasteiger partial charge in [-0.15, -0.1) is 0 Å². The first kappa shape index (κ1) is 15.3. The van der Waals surface area contributed by atoms with Crippen LogP contribution in [0.4, 0.5) is 4.39 Å². The number of likely N-dealkylation sites (tertiary alicyclic amines) is 1. The Morgan fingerprint density at radius 3 is 2.81 bits per heavy atom. The average molecular weight is 312 g/mol. The molecule has 21 heavy (non-hydrogen) atoms. The third-order valence-electron chi connectivity index (χ3n) is 5.07. The van der Waals surface area contributed by atoms with Crippen molar-refractivity contribution in [3.63, 3.8) is 0 Å². The van der Waals surface area contributed by atoms with Gasteiger partial charge in [-0.25, -0.2) is 4.39 Å². The molecule has 1 N–H and O–H groups in total. The molecule has 1 heterocycles. The zero-order valence-corrected chi connectivity index (χ0v) is 13.0. The van der Waals surface area contributed by atoms with Gasteiger partial charge in [0.25, 0.3) is 0 Å². The van der Waals surface area contributed by atoms with E-state index < -0.39 is 0 Å². The van der Waals surface area contributed by atoms with E-state index in [1.54, 1.807) is 12.1 Å². The van der Waals surface area contributed by atoms with E-state index in [9.17, 15) is 9.50 Å². The molecule has 2 aliphatic rings. The number of benzene rings is 1. The maximum Gasteiger partial charge on any atom is 0.127 e. The molecule has 1 aromatic rings. The van der Waals surface area contributed by atoms with E-state index in [1.807, 2.05) is 0 Å². The van der Waals surface area contributed by atoms with Gasteiger partial charge >= 0.3 is 0 Å². The Morgan fingerprint density at radius 2 is 2.00 bits per heavy atom. The standard InChI is InChI=1S/C17H23ClFNO/c18-13-7-8-15(19)12(10-13)11-20-9-3-5-16(20)14-4-1-2-6-17(14)21/h7-8,10,14,16-17,21H,1-6,9,11H2. The van der Waals surface area contributed by atoms with E-state index in [0.29, 0.717) is 29.1 Å². The van der Waals surface area contributed by atoms with E-state index in [-0.39, 0.29) is 11.9 Å². The van der Waals surface area contributed by atoms with Crippen LogP contribution < -0.4 is 0 Å². The van der Waals surface area contributed by atoms with Gasteiger partial charge in [0, 0.05) is 29.1 Å². The van der Waals surface area contributed by atoms with E-state index in [4.69, 9.17) is 11.6 Å². The van der Waals surface area contributed by atoms with Crippen molar-refractivity contribution < 1.29 is 9.50 Å². The summed E-state index contributed by atoms with van der Waals surface area (Å²) in [5.74, 6) is 0.165. The molecule has 3 atom stereocenters. The number of hydrogen-bond acceptors (Lipinski definition) is 2. The molecule has 3 unspecified atom stereocenters. The lowest BCUT2D eigenvalue weighted by atomic mass is 9.80. The van der Waals surface area contributed by atoms with Crippen molar-refractivity contribution in [3.05, 3.63) is 34.6 Å². The number of halogens is 2. The predicted molar refractivity (Wildman–Crippen MR) is 82.8 cm³/mol. The first-order valence-electron chi connectivity index (χ1n) is 8.01. The van der Waals surface area contributed by atoms with Crippen molar-refractivity contribution in [3.8, 4) is 0 Å². The van der Waals surface area contributed by atoms with Gasteiger partial charge in [-0.1, -0.05) is 24.4 Å². The predicted octanol–water partition coefficient (Wildman–Crippen LogP) is 3.99. The summed E-state index contributed by atoms with van der Waals surface area (Å²) in [5, 5.41) is 10.9. The van der Waals surface area contributed by atoms with Crippen molar-refractivity contribution in [2.45, 2.75) is 57.2 Å². The molecule has 3 rings (SSSR count). The largest absolute Gasteiger partial charge is 0.393 e. The molecule has 116 valence electrons. The zero-order chi connectivity index (χ0) is 14.8. The minimum absolute atomic E-state index is 0.186. The van der Waals surface area contributed by atoms with Crippen LogP contribution in [-0.2, 0) is 6.54 Å². The Labute approximate surface area is 130 Å². The quantitative estimate of drug-likeness (QED) is 0.912. The molecule has 1 aromatic carbocycles. The van der Waals surface area contributed by atoms with Crippen LogP contribution in [0.25, 0.3) is 0 Å². The number of nitrogens with zero attached hydrogens (tertiary/aromatic N) is 1. The second-order valence-corrected chi connectivity index (χ2v) is 6.87. The molecule has 1 saturated heterocycles. The monoisotopic (exact) mass is 311 g/mol. The second-order valence-electron chi connectivity index (χ2n) is 6.43. The van der Waals surface area contributed by atoms with Gasteiger partial charge in [-0.05, 0) is 50.4 Å². The molecular weight excluding hydrogens is 289 g/mol. The van der Waals surface area contributed by atoms with Crippen LogP contribution in [0.15, 0.2) is 18.2 Å². The van der Waals surface area contributed by atoms with Gasteiger partial charge in [0.1, 0.15) is 5.82 Å². The number of aliphatic hydroxyl groups excluding tert-OH is 1. The van der Waals surface area contributed by atoms with Crippen LogP contribution in [0.3, 0.4) is 0 Å². The average Bonchev–Trinajstić information content (AvgIpc) is 2.91. The highest BCUT2D eigenvalue weighted by molar-refractivity contribution is 6.30. The zero-order valence-electron chi connectivity index (χ0n) is 12.3. The highest BCUT2D eigenvalue weighted by Gasteiger charge is 2.36. The molecule has 0 radical (unpaired) electrons. The fourth-order valence-electron chi connectivity index (χ4n) is 4.01. The molecule has 0 amide bonds. The number of rotatable bonds is 3. The minimum atomic E-state index is -0.187. The molecule has 1 aliphatic carbocycles. The van der Waals surface area contributed by atoms with Crippen LogP contribution in [0.1, 0.15) is 44.1 Å². The Kier molecular flexibility index (Phi) is 4.82. The van der Waals surface area contributed by atoms with Gasteiger partial charge in [0.15, 0.2) is 0 Å². The highest BCUT2D eigenvalue weighted by atomic mass is 35.5. The van der Waals surface area contributed by atoms with Crippen molar-refractivity contribution >= 4 is 11.6 Å². The van der Waals surface area contributed by atoms with Crippen LogP contribution in [0.5, 0.6) is 0 Å². The molecular formula is C17H23ClFNO. The second kappa shape index (κ2) is 6.64. The maximum absolute atomic E-state index is 13.9. The fourth-order valence-corrected chi connectivity index (χ4v) is 4.20. The van der Waals surface area contributed by atoms with Crippen LogP contribution in [0, 0.1) is 11.7 Å². The lowest BCUT2D eigenvalue weighted by Gasteiger charge is -2.37. The molecule has 2 nitrogen and oxygen atoms in total. The molecule has 0 spiro atoms. The van der Waals surface area contributed by atoms with Crippen molar-refractivity contribution in [2.24, 2.45) is 5.92 Å². The van der Waals surface area contributed by atoms with E-state index in [2.05, 4.69) is 4.90 Å². The van der Waals surface area contributed by atoms with Gasteiger partial charge in [-0.2, -0.15) is 0 Å². The van der Waals surface area contributed by atoms with Gasteiger partial charge < -0.3 is 5.11 Å². The molecule has 4 heteroatoms. The van der Waals surface area contributed by atoms with Gasteiger partial charge in [0.05, 0.1) is 6.10 Å². The van der Waals surface area contributed by atoms with Crippen molar-refractivity contribution in [2.75, 3.05) is 6.54 Å². The van der Waals surface area contributed by atoms with Crippen LogP contribution >= 0.6 is 11.6 Å². The number of hydrogen-bond donors (Lipinski definition) is 1. The van der Waals surface area contributed by atoms with E-state index in [0.717, 1.165) is 38.6 Å². The van der Waals surface area contributed by atoms with Gasteiger partial charge in [-0.3, -0.25) is 4.90 Å². The fraction of sp³-hybridized carbons (Fsp3) is 0.647. The van der Waals surface area contributed by atoms with E-state index >= 15 is 0 Å². The normalized spacial score (nSPS) is 30.7. The molecule has 0 aromatic heterocycles. The van der Waals surface area contributed by atoms with Gasteiger partial charge in [0.2, 0.25) is 0 Å². The molecule has 1 aliphatic heterocycles. The third kappa shape index (κ3) is 3.41. The summed E-state index contributed by atoms with van der Waals surface area (Å²) in [6.07, 6.45) is 6.42. The summed E-state index contributed by atoms with van der Waals surface area (Å²) in [7, 11) is 0. The first-order chi connectivity index (χ1) is 10.1. The smallest absolute Gasteiger partial charge is 0.127 e. The summed E-state index contributed by atoms with van der Waals surface area (Å²) in [6, 6.07) is 5.15. The maximum atomic E-state index is 13.9. The summed E-state index contributed by atoms with van der Waals surface area (Å²) in [4.78, 5) is 2.34. The third-order valence-corrected chi connectivity index (χ3v) is 5.31. The van der Waals surface area contributed by atoms with Crippen LogP contribution in [-0.4, -0.2) is 28.7 Å². The topological polar surface area (TPSA) is 23.5 Å². The first-order valence-corrected chi connectivity index (χ1v) is 8.39. The SMILES string of the molecule is OC1CCCCC1C1CCCN1Cc1cc(Cl)ccc1F. The molecule has 1 saturated carbocycles. The summed E-state index contributed by atoms with van der Waals surface area (Å²) in [5.41, 5.74) is 0.666. The summed E-state index contributed by atoms with van der Waals surface area (Å²) < 4.78 is 13.9. The van der Waals surface area contributed by atoms with Crippen molar-refractivity contribution in [1.29, 1.82) is 0 Å². The van der Waals surface area contributed by atoms with Crippen LogP contribution in [0.2, 0.25) is 5.02 Å². The lowest BCUT2D eigenvalue weighted by Crippen LogP contribution is -2.42. The minimum Gasteiger partial charge on any atom is -0.393 e. The Bertz CT molecular complexity index is 496. The lowest BCUT2D eigenvalue weighted by molar-refractivity contribution is 0.0199. The van der Waals surface area contributed by atoms with E-state index in [1.165, 1.54) is 12.5 Å². The Morgan fingerprint density at radius 1 is 1.19 bits per heavy atom. The Balaban J connectivity index is 1.73. The number of aliphatic hydroxyl groups is 1. The molecule has 0 bridgehead atoms. The summed E-state index contributed by atoms with van der Waals surface area (Å²) in [6.45, 7) is 1.58. The Hall–Kier alpha value is -0.640. The summed E-state index contributed by atoms with van der Waals surface area (Å²) >= 11 is 5.99. The van der Waals surface area contributed by atoms with Crippen molar-refractivity contribution in [1.82, 2.24) is 4.90 Å². The molecule has 2 fully saturated rings.